The van der Waals surface area contributed by atoms with Crippen LogP contribution in [0, 0.1) is 13.8 Å². The molecule has 0 saturated carbocycles. The smallest absolute Gasteiger partial charge is 0.277 e. The summed E-state index contributed by atoms with van der Waals surface area (Å²) in [5.74, 6) is 0.775. The van der Waals surface area contributed by atoms with Crippen molar-refractivity contribution >= 4 is 5.69 Å². The first-order valence-corrected chi connectivity index (χ1v) is 5.17. The van der Waals surface area contributed by atoms with Crippen LogP contribution in [-0.2, 0) is 0 Å². The van der Waals surface area contributed by atoms with Crippen molar-refractivity contribution in [3.63, 3.8) is 0 Å². The van der Waals surface area contributed by atoms with Crippen molar-refractivity contribution in [2.45, 2.75) is 13.8 Å². The zero-order chi connectivity index (χ0) is 12.4. The van der Waals surface area contributed by atoms with Crippen LogP contribution in [-0.4, -0.2) is 9.97 Å². The number of H-pyrrole nitrogens is 1. The molecule has 0 aliphatic heterocycles. The number of aryl methyl sites for hydroxylation is 1. The third-order valence-corrected chi connectivity index (χ3v) is 2.61. The zero-order valence-electron chi connectivity index (χ0n) is 9.65. The second-order valence-corrected chi connectivity index (χ2v) is 3.75. The normalized spacial score (nSPS) is 10.2. The summed E-state index contributed by atoms with van der Waals surface area (Å²) in [5.41, 5.74) is 7.26. The molecule has 0 fully saturated rings. The maximum Gasteiger partial charge on any atom is 0.277 e. The van der Waals surface area contributed by atoms with Gasteiger partial charge in [0, 0.05) is 0 Å². The topological polar surface area (TPSA) is 81.0 Å². The lowest BCUT2D eigenvalue weighted by Gasteiger charge is -2.10. The van der Waals surface area contributed by atoms with Crippen molar-refractivity contribution in [1.82, 2.24) is 9.97 Å². The fourth-order valence-electron chi connectivity index (χ4n) is 1.41. The average molecular weight is 231 g/mol. The highest BCUT2D eigenvalue weighted by Gasteiger charge is 2.09. The molecular weight excluding hydrogens is 218 g/mol. The number of hydrogen-bond donors (Lipinski definition) is 2. The van der Waals surface area contributed by atoms with E-state index in [4.69, 9.17) is 10.5 Å². The predicted octanol–water partition coefficient (Wildman–Crippen LogP) is 1.76. The molecule has 3 N–H and O–H groups in total. The van der Waals surface area contributed by atoms with Crippen LogP contribution >= 0.6 is 0 Å². The van der Waals surface area contributed by atoms with Gasteiger partial charge in [0.05, 0.1) is 6.33 Å². The minimum absolute atomic E-state index is 0.0200. The SMILES string of the molecule is Cc1cccc(Oc2nc[nH]c(=O)c2N)c1C. The molecule has 5 nitrogen and oxygen atoms in total. The van der Waals surface area contributed by atoms with Crippen molar-refractivity contribution in [3.8, 4) is 11.6 Å². The number of rotatable bonds is 2. The number of nitrogens with one attached hydrogen (secondary N) is 1. The van der Waals surface area contributed by atoms with Crippen LogP contribution in [0.1, 0.15) is 11.1 Å². The highest BCUT2D eigenvalue weighted by molar-refractivity contribution is 5.48. The van der Waals surface area contributed by atoms with Gasteiger partial charge in [0.25, 0.3) is 5.56 Å². The van der Waals surface area contributed by atoms with Gasteiger partial charge in [-0.1, -0.05) is 12.1 Å². The Bertz CT molecular complexity index is 605. The van der Waals surface area contributed by atoms with E-state index < -0.39 is 5.56 Å². The minimum atomic E-state index is -0.402. The molecule has 0 radical (unpaired) electrons. The Morgan fingerprint density at radius 2 is 2.12 bits per heavy atom. The third-order valence-electron chi connectivity index (χ3n) is 2.61. The molecule has 1 heterocycles. The number of anilines is 1. The van der Waals surface area contributed by atoms with Crippen LogP contribution in [0.15, 0.2) is 29.3 Å². The van der Waals surface area contributed by atoms with Gasteiger partial charge in [0.1, 0.15) is 5.75 Å². The molecule has 0 saturated heterocycles. The highest BCUT2D eigenvalue weighted by Crippen LogP contribution is 2.26. The summed E-state index contributed by atoms with van der Waals surface area (Å²) in [5, 5.41) is 0. The Kier molecular flexibility index (Phi) is 2.82. The highest BCUT2D eigenvalue weighted by atomic mass is 16.5. The van der Waals surface area contributed by atoms with Gasteiger partial charge >= 0.3 is 0 Å². The Morgan fingerprint density at radius 3 is 2.88 bits per heavy atom. The number of aromatic nitrogens is 2. The average Bonchev–Trinajstić information content (AvgIpc) is 2.31. The summed E-state index contributed by atoms with van der Waals surface area (Å²) in [6.45, 7) is 3.92. The summed E-state index contributed by atoms with van der Waals surface area (Å²) < 4.78 is 5.55. The molecule has 0 aliphatic rings. The zero-order valence-corrected chi connectivity index (χ0v) is 9.65. The summed E-state index contributed by atoms with van der Waals surface area (Å²) in [6.07, 6.45) is 1.26. The number of benzene rings is 1. The lowest BCUT2D eigenvalue weighted by molar-refractivity contribution is 0.459. The summed E-state index contributed by atoms with van der Waals surface area (Å²) in [7, 11) is 0. The molecule has 2 aromatic rings. The number of hydrogen-bond acceptors (Lipinski definition) is 4. The maximum atomic E-state index is 11.3. The molecule has 5 heteroatoms. The second-order valence-electron chi connectivity index (χ2n) is 3.75. The van der Waals surface area contributed by atoms with Crippen molar-refractivity contribution in [1.29, 1.82) is 0 Å². The monoisotopic (exact) mass is 231 g/mol. The van der Waals surface area contributed by atoms with Crippen LogP contribution in [0.25, 0.3) is 0 Å². The number of aromatic amines is 1. The van der Waals surface area contributed by atoms with Crippen LogP contribution < -0.4 is 16.0 Å². The van der Waals surface area contributed by atoms with E-state index in [1.807, 2.05) is 32.0 Å². The van der Waals surface area contributed by atoms with Gasteiger partial charge in [-0.25, -0.2) is 4.98 Å². The fourth-order valence-corrected chi connectivity index (χ4v) is 1.41. The Hall–Kier alpha value is -2.30. The first kappa shape index (κ1) is 11.2. The number of nitrogens with two attached hydrogens (primary N) is 1. The molecule has 0 amide bonds. The minimum Gasteiger partial charge on any atom is -0.437 e. The maximum absolute atomic E-state index is 11.3. The number of nitrogen functional groups attached to an aromatic ring is 1. The van der Waals surface area contributed by atoms with Gasteiger partial charge in [-0.3, -0.25) is 4.79 Å². The van der Waals surface area contributed by atoms with Crippen molar-refractivity contribution in [3.05, 3.63) is 46.0 Å². The van der Waals surface area contributed by atoms with Crippen LogP contribution in [0.2, 0.25) is 0 Å². The van der Waals surface area contributed by atoms with E-state index in [1.54, 1.807) is 0 Å². The second kappa shape index (κ2) is 4.29. The lowest BCUT2D eigenvalue weighted by atomic mass is 10.1. The number of nitrogens with zero attached hydrogens (tertiary/aromatic N) is 1. The predicted molar refractivity (Wildman–Crippen MR) is 65.3 cm³/mol. The first-order valence-electron chi connectivity index (χ1n) is 5.17. The molecule has 0 bridgehead atoms. The molecule has 17 heavy (non-hydrogen) atoms. The van der Waals surface area contributed by atoms with E-state index in [1.165, 1.54) is 6.33 Å². The fraction of sp³-hybridized carbons (Fsp3) is 0.167. The molecule has 0 aliphatic carbocycles. The summed E-state index contributed by atoms with van der Waals surface area (Å²) in [4.78, 5) is 17.6. The van der Waals surface area contributed by atoms with E-state index in [0.29, 0.717) is 5.75 Å². The quantitative estimate of drug-likeness (QED) is 0.825. The standard InChI is InChI=1S/C12H13N3O2/c1-7-4-3-5-9(8(7)2)17-12-10(13)11(16)14-6-15-12/h3-6H,13H2,1-2H3,(H,14,15,16). The van der Waals surface area contributed by atoms with Crippen LogP contribution in [0.3, 0.4) is 0 Å². The first-order chi connectivity index (χ1) is 8.09. The molecule has 0 unspecified atom stereocenters. The van der Waals surface area contributed by atoms with E-state index >= 15 is 0 Å². The van der Waals surface area contributed by atoms with E-state index in [0.717, 1.165) is 11.1 Å². The lowest BCUT2D eigenvalue weighted by Crippen LogP contribution is -2.13. The molecule has 1 aromatic heterocycles. The van der Waals surface area contributed by atoms with E-state index in [-0.39, 0.29) is 11.6 Å². The van der Waals surface area contributed by atoms with Gasteiger partial charge < -0.3 is 15.5 Å². The Balaban J connectivity index is 2.42. The van der Waals surface area contributed by atoms with Gasteiger partial charge in [0.15, 0.2) is 5.69 Å². The molecule has 1 aromatic carbocycles. The van der Waals surface area contributed by atoms with Crippen molar-refractivity contribution < 1.29 is 4.74 Å². The molecule has 0 spiro atoms. The van der Waals surface area contributed by atoms with Crippen molar-refractivity contribution in [2.75, 3.05) is 5.73 Å². The molecule has 88 valence electrons. The number of ether oxygens (including phenoxy) is 1. The van der Waals surface area contributed by atoms with Gasteiger partial charge in [-0.05, 0) is 31.0 Å². The van der Waals surface area contributed by atoms with E-state index in [2.05, 4.69) is 9.97 Å². The van der Waals surface area contributed by atoms with Crippen LogP contribution in [0.4, 0.5) is 5.69 Å². The largest absolute Gasteiger partial charge is 0.437 e. The van der Waals surface area contributed by atoms with E-state index in [9.17, 15) is 4.79 Å². The Labute approximate surface area is 98.3 Å². The van der Waals surface area contributed by atoms with Gasteiger partial charge in [-0.2, -0.15) is 0 Å². The third kappa shape index (κ3) is 2.13. The van der Waals surface area contributed by atoms with Gasteiger partial charge in [0.2, 0.25) is 5.88 Å². The Morgan fingerprint density at radius 1 is 1.35 bits per heavy atom. The summed E-state index contributed by atoms with van der Waals surface area (Å²) >= 11 is 0. The molecule has 0 atom stereocenters. The van der Waals surface area contributed by atoms with Crippen molar-refractivity contribution in [2.24, 2.45) is 0 Å². The molecule has 2 rings (SSSR count). The van der Waals surface area contributed by atoms with Gasteiger partial charge in [-0.15, -0.1) is 0 Å². The molecular formula is C12H13N3O2. The summed E-state index contributed by atoms with van der Waals surface area (Å²) in [6, 6.07) is 5.67. The van der Waals surface area contributed by atoms with Crippen LogP contribution in [0.5, 0.6) is 11.6 Å².